The molecule has 0 radical (unpaired) electrons. The normalized spacial score (nSPS) is 12.7. The van der Waals surface area contributed by atoms with Gasteiger partial charge < -0.3 is 10.3 Å². The van der Waals surface area contributed by atoms with Crippen LogP contribution < -0.4 is 10.5 Å². The van der Waals surface area contributed by atoms with Gasteiger partial charge in [-0.05, 0) is 45.0 Å². The molecular weight excluding hydrogens is 403 g/mol. The van der Waals surface area contributed by atoms with Crippen LogP contribution in [0.1, 0.15) is 26.3 Å². The number of halogens is 3. The fraction of sp³-hybridized carbons (Fsp3) is 0.300. The van der Waals surface area contributed by atoms with Crippen molar-refractivity contribution in [3.8, 4) is 11.3 Å². The fourth-order valence-electron chi connectivity index (χ4n) is 3.17. The number of rotatable bonds is 5. The van der Waals surface area contributed by atoms with Gasteiger partial charge in [-0.3, -0.25) is 4.72 Å². The SMILES string of the molecule is CCn1c(-c2ccc(NS(=O)(=O)C(C)C)cc2)c(N)c2ccc(C(F)(F)F)cc21. The van der Waals surface area contributed by atoms with Crippen LogP contribution in [0.5, 0.6) is 0 Å². The molecule has 2 aromatic carbocycles. The minimum Gasteiger partial charge on any atom is -0.396 e. The average Bonchev–Trinajstić information content (AvgIpc) is 2.92. The molecular formula is C20H22F3N3O2S. The molecule has 0 saturated carbocycles. The average molecular weight is 425 g/mol. The van der Waals surface area contributed by atoms with E-state index in [1.54, 1.807) is 42.7 Å². The van der Waals surface area contributed by atoms with Crippen LogP contribution in [0.4, 0.5) is 24.5 Å². The molecule has 0 amide bonds. The number of hydrogen-bond donors (Lipinski definition) is 2. The van der Waals surface area contributed by atoms with Gasteiger partial charge in [0.2, 0.25) is 10.0 Å². The zero-order valence-corrected chi connectivity index (χ0v) is 17.0. The quantitative estimate of drug-likeness (QED) is 0.599. The van der Waals surface area contributed by atoms with Crippen LogP contribution in [0.3, 0.4) is 0 Å². The van der Waals surface area contributed by atoms with Gasteiger partial charge in [0.25, 0.3) is 0 Å². The largest absolute Gasteiger partial charge is 0.416 e. The second-order valence-electron chi connectivity index (χ2n) is 7.01. The maximum Gasteiger partial charge on any atom is 0.416 e. The van der Waals surface area contributed by atoms with Crippen LogP contribution in [0, 0.1) is 0 Å². The molecule has 5 nitrogen and oxygen atoms in total. The smallest absolute Gasteiger partial charge is 0.396 e. The van der Waals surface area contributed by atoms with Gasteiger partial charge in [0.05, 0.1) is 27.7 Å². The molecule has 0 aliphatic rings. The summed E-state index contributed by atoms with van der Waals surface area (Å²) < 4.78 is 67.6. The summed E-state index contributed by atoms with van der Waals surface area (Å²) in [6, 6.07) is 10.1. The maximum absolute atomic E-state index is 13.1. The van der Waals surface area contributed by atoms with Crippen molar-refractivity contribution in [2.45, 2.75) is 38.7 Å². The number of benzene rings is 2. The monoisotopic (exact) mass is 425 g/mol. The van der Waals surface area contributed by atoms with E-state index in [0.717, 1.165) is 12.1 Å². The van der Waals surface area contributed by atoms with Crippen molar-refractivity contribution in [2.24, 2.45) is 0 Å². The van der Waals surface area contributed by atoms with Gasteiger partial charge >= 0.3 is 6.18 Å². The second-order valence-corrected chi connectivity index (χ2v) is 9.25. The minimum atomic E-state index is -4.44. The van der Waals surface area contributed by atoms with E-state index >= 15 is 0 Å². The van der Waals surface area contributed by atoms with E-state index in [-0.39, 0.29) is 0 Å². The Kier molecular flexibility index (Phi) is 5.29. The molecule has 3 rings (SSSR count). The van der Waals surface area contributed by atoms with Crippen LogP contribution in [0.2, 0.25) is 0 Å². The summed E-state index contributed by atoms with van der Waals surface area (Å²) >= 11 is 0. The van der Waals surface area contributed by atoms with Crippen LogP contribution in [0.25, 0.3) is 22.2 Å². The molecule has 0 spiro atoms. The highest BCUT2D eigenvalue weighted by molar-refractivity contribution is 7.93. The van der Waals surface area contributed by atoms with E-state index in [2.05, 4.69) is 4.72 Å². The summed E-state index contributed by atoms with van der Waals surface area (Å²) in [5, 5.41) is -0.0392. The second kappa shape index (κ2) is 7.29. The Balaban J connectivity index is 2.09. The van der Waals surface area contributed by atoms with E-state index in [1.807, 2.05) is 6.92 Å². The van der Waals surface area contributed by atoms with Gasteiger partial charge in [-0.25, -0.2) is 8.42 Å². The first-order chi connectivity index (χ1) is 13.5. The molecule has 29 heavy (non-hydrogen) atoms. The van der Waals surface area contributed by atoms with E-state index in [9.17, 15) is 21.6 Å². The number of nitrogens with one attached hydrogen (secondary N) is 1. The lowest BCUT2D eigenvalue weighted by Gasteiger charge is -2.13. The Bertz CT molecular complexity index is 1150. The molecule has 3 aromatic rings. The van der Waals surface area contributed by atoms with Crippen molar-refractivity contribution in [3.63, 3.8) is 0 Å². The Labute approximate surface area is 167 Å². The molecule has 1 aromatic heterocycles. The molecule has 3 N–H and O–H groups in total. The predicted molar refractivity (Wildman–Crippen MR) is 110 cm³/mol. The number of nitrogens with zero attached hydrogens (tertiary/aromatic N) is 1. The van der Waals surface area contributed by atoms with Gasteiger partial charge in [0.1, 0.15) is 0 Å². The first-order valence-corrected chi connectivity index (χ1v) is 10.6. The summed E-state index contributed by atoms with van der Waals surface area (Å²) in [7, 11) is -3.48. The summed E-state index contributed by atoms with van der Waals surface area (Å²) in [5.41, 5.74) is 8.00. The van der Waals surface area contributed by atoms with Crippen molar-refractivity contribution in [1.82, 2.24) is 4.57 Å². The van der Waals surface area contributed by atoms with Crippen molar-refractivity contribution in [2.75, 3.05) is 10.5 Å². The zero-order chi connectivity index (χ0) is 21.6. The number of fused-ring (bicyclic) bond motifs is 1. The Morgan fingerprint density at radius 2 is 1.72 bits per heavy atom. The summed E-state index contributed by atoms with van der Waals surface area (Å²) in [6.07, 6.45) is -4.44. The number of nitrogens with two attached hydrogens (primary N) is 1. The number of hydrogen-bond acceptors (Lipinski definition) is 3. The van der Waals surface area contributed by atoms with Crippen LogP contribution in [0.15, 0.2) is 42.5 Å². The standard InChI is InChI=1S/C20H22F3N3O2S/c1-4-26-17-11-14(20(21,22)23)7-10-16(17)18(24)19(26)13-5-8-15(9-6-13)25-29(27,28)12(2)3/h5-12,25H,4,24H2,1-3H3. The first-order valence-electron chi connectivity index (χ1n) is 9.06. The van der Waals surface area contributed by atoms with Crippen molar-refractivity contribution in [3.05, 3.63) is 48.0 Å². The molecule has 1 heterocycles. The summed E-state index contributed by atoms with van der Waals surface area (Å²) in [6.45, 7) is 5.40. The minimum absolute atomic E-state index is 0.381. The van der Waals surface area contributed by atoms with Gasteiger partial charge in [0.15, 0.2) is 0 Å². The van der Waals surface area contributed by atoms with Crippen LogP contribution in [-0.2, 0) is 22.7 Å². The molecule has 0 saturated heterocycles. The van der Waals surface area contributed by atoms with Gasteiger partial charge in [-0.15, -0.1) is 0 Å². The first kappa shape index (κ1) is 21.0. The third-order valence-corrected chi connectivity index (χ3v) is 6.55. The third kappa shape index (κ3) is 3.91. The third-order valence-electron chi connectivity index (χ3n) is 4.79. The van der Waals surface area contributed by atoms with Crippen LogP contribution in [-0.4, -0.2) is 18.2 Å². The number of alkyl halides is 3. The molecule has 0 aliphatic carbocycles. The molecule has 0 bridgehead atoms. The van der Waals surface area contributed by atoms with Gasteiger partial charge in [-0.1, -0.05) is 18.2 Å². The lowest BCUT2D eigenvalue weighted by atomic mass is 10.1. The molecule has 0 fully saturated rings. The Hall–Kier alpha value is -2.68. The Morgan fingerprint density at radius 3 is 2.24 bits per heavy atom. The number of nitrogen functional groups attached to an aromatic ring is 1. The molecule has 9 heteroatoms. The highest BCUT2D eigenvalue weighted by Gasteiger charge is 2.31. The molecule has 0 unspecified atom stereocenters. The van der Waals surface area contributed by atoms with E-state index in [4.69, 9.17) is 5.73 Å². The van der Waals surface area contributed by atoms with Crippen molar-refractivity contribution >= 4 is 32.3 Å². The van der Waals surface area contributed by atoms with Gasteiger partial charge in [-0.2, -0.15) is 13.2 Å². The number of anilines is 2. The van der Waals surface area contributed by atoms with Crippen molar-refractivity contribution in [1.29, 1.82) is 0 Å². The molecule has 156 valence electrons. The lowest BCUT2D eigenvalue weighted by molar-refractivity contribution is -0.137. The Morgan fingerprint density at radius 1 is 1.10 bits per heavy atom. The zero-order valence-electron chi connectivity index (χ0n) is 16.2. The number of aromatic nitrogens is 1. The fourth-order valence-corrected chi connectivity index (χ4v) is 3.87. The van der Waals surface area contributed by atoms with Gasteiger partial charge in [0, 0.05) is 23.2 Å². The highest BCUT2D eigenvalue weighted by Crippen LogP contribution is 2.39. The number of aryl methyl sites for hydroxylation is 1. The van der Waals surface area contributed by atoms with E-state index < -0.39 is 27.0 Å². The molecule has 0 aliphatic heterocycles. The topological polar surface area (TPSA) is 77.1 Å². The van der Waals surface area contributed by atoms with E-state index in [0.29, 0.717) is 40.1 Å². The predicted octanol–water partition coefficient (Wildman–Crippen LogP) is 5.08. The lowest BCUT2D eigenvalue weighted by Crippen LogP contribution is -2.22. The van der Waals surface area contributed by atoms with Crippen LogP contribution >= 0.6 is 0 Å². The maximum atomic E-state index is 13.1. The molecule has 0 atom stereocenters. The summed E-state index contributed by atoms with van der Waals surface area (Å²) in [5.74, 6) is 0. The summed E-state index contributed by atoms with van der Waals surface area (Å²) in [4.78, 5) is 0. The number of sulfonamides is 1. The van der Waals surface area contributed by atoms with Crippen molar-refractivity contribution < 1.29 is 21.6 Å². The van der Waals surface area contributed by atoms with E-state index in [1.165, 1.54) is 6.07 Å². The highest BCUT2D eigenvalue weighted by atomic mass is 32.2.